The van der Waals surface area contributed by atoms with Gasteiger partial charge in [0.1, 0.15) is 0 Å². The van der Waals surface area contributed by atoms with Crippen LogP contribution >= 0.6 is 0 Å². The lowest BCUT2D eigenvalue weighted by molar-refractivity contribution is -0.0550. The van der Waals surface area contributed by atoms with Crippen LogP contribution in [0.3, 0.4) is 0 Å². The summed E-state index contributed by atoms with van der Waals surface area (Å²) in [4.78, 5) is 0. The molecule has 0 aromatic heterocycles. The number of hydrogen-bond acceptors (Lipinski definition) is 0. The molecule has 0 aromatic carbocycles. The predicted octanol–water partition coefficient (Wildman–Crippen LogP) is 8.58. The first kappa shape index (κ1) is 20.7. The number of hydrogen-bond donors (Lipinski definition) is 0. The van der Waals surface area contributed by atoms with E-state index in [1.807, 2.05) is 5.57 Å². The first-order valence-electron chi connectivity index (χ1n) is 12.6. The van der Waals surface area contributed by atoms with Crippen LogP contribution in [0.2, 0.25) is 0 Å². The number of rotatable bonds is 5. The maximum atomic E-state index is 2.73. The van der Waals surface area contributed by atoms with E-state index in [1.165, 1.54) is 64.2 Å². The minimum atomic E-state index is 0.476. The molecule has 0 heterocycles. The predicted molar refractivity (Wildman–Crippen MR) is 122 cm³/mol. The highest BCUT2D eigenvalue weighted by Gasteiger charge is 2.59. The second kappa shape index (κ2) is 7.63. The van der Waals surface area contributed by atoms with Gasteiger partial charge in [0.25, 0.3) is 0 Å². The molecular formula is C28H46. The van der Waals surface area contributed by atoms with Crippen LogP contribution in [0, 0.1) is 46.3 Å². The highest BCUT2D eigenvalue weighted by Crippen LogP contribution is 2.67. The molecule has 0 nitrogen and oxygen atoms in total. The van der Waals surface area contributed by atoms with Crippen LogP contribution in [0.25, 0.3) is 0 Å². The molecule has 7 unspecified atom stereocenters. The molecule has 0 aromatic rings. The maximum absolute atomic E-state index is 2.73. The third kappa shape index (κ3) is 3.26. The van der Waals surface area contributed by atoms with Crippen molar-refractivity contribution in [2.75, 3.05) is 0 Å². The van der Waals surface area contributed by atoms with Crippen molar-refractivity contribution in [2.24, 2.45) is 46.3 Å². The molecule has 0 saturated heterocycles. The van der Waals surface area contributed by atoms with Gasteiger partial charge in [-0.05, 0) is 98.2 Å². The van der Waals surface area contributed by atoms with Gasteiger partial charge in [-0.25, -0.2) is 0 Å². The first-order valence-corrected chi connectivity index (χ1v) is 12.6. The van der Waals surface area contributed by atoms with Crippen molar-refractivity contribution in [3.63, 3.8) is 0 Å². The fourth-order valence-electron chi connectivity index (χ4n) is 8.83. The van der Waals surface area contributed by atoms with E-state index in [-0.39, 0.29) is 0 Å². The Kier molecular flexibility index (Phi) is 5.65. The van der Waals surface area contributed by atoms with Crippen molar-refractivity contribution in [2.45, 2.75) is 106 Å². The molecule has 0 N–H and O–H groups in total. The molecule has 0 radical (unpaired) electrons. The van der Waals surface area contributed by atoms with Crippen molar-refractivity contribution in [3.05, 3.63) is 23.3 Å². The van der Waals surface area contributed by atoms with E-state index in [1.54, 1.807) is 5.57 Å². The van der Waals surface area contributed by atoms with Gasteiger partial charge in [0.15, 0.2) is 0 Å². The van der Waals surface area contributed by atoms with Crippen LogP contribution < -0.4 is 0 Å². The minimum absolute atomic E-state index is 0.476. The van der Waals surface area contributed by atoms with Gasteiger partial charge < -0.3 is 0 Å². The summed E-state index contributed by atoms with van der Waals surface area (Å²) in [6, 6.07) is 0. The molecule has 3 saturated carbocycles. The van der Waals surface area contributed by atoms with E-state index in [0.29, 0.717) is 10.8 Å². The van der Waals surface area contributed by atoms with Gasteiger partial charge in [0.2, 0.25) is 0 Å². The van der Waals surface area contributed by atoms with E-state index in [0.717, 1.165) is 35.5 Å². The Bertz CT molecular complexity index is 636. The van der Waals surface area contributed by atoms with Crippen molar-refractivity contribution >= 4 is 0 Å². The van der Waals surface area contributed by atoms with Gasteiger partial charge in [-0.15, -0.1) is 0 Å². The smallest absolute Gasteiger partial charge is 0.00451 e. The van der Waals surface area contributed by atoms with Gasteiger partial charge in [0, 0.05) is 0 Å². The highest BCUT2D eigenvalue weighted by atomic mass is 14.6. The van der Waals surface area contributed by atoms with Gasteiger partial charge in [-0.3, -0.25) is 0 Å². The fraction of sp³-hybridized carbons (Fsp3) is 0.857. The van der Waals surface area contributed by atoms with Crippen LogP contribution in [0.1, 0.15) is 106 Å². The molecule has 0 bridgehead atoms. The third-order valence-electron chi connectivity index (χ3n) is 10.3. The Morgan fingerprint density at radius 3 is 2.54 bits per heavy atom. The molecule has 4 rings (SSSR count). The first-order chi connectivity index (χ1) is 13.3. The Morgan fingerprint density at radius 1 is 1.00 bits per heavy atom. The van der Waals surface area contributed by atoms with E-state index >= 15 is 0 Å². The summed E-state index contributed by atoms with van der Waals surface area (Å²) >= 11 is 0. The van der Waals surface area contributed by atoms with E-state index in [9.17, 15) is 0 Å². The summed E-state index contributed by atoms with van der Waals surface area (Å²) in [5, 5.41) is 0. The summed E-state index contributed by atoms with van der Waals surface area (Å²) in [5.41, 5.74) is 4.54. The summed E-state index contributed by atoms with van der Waals surface area (Å²) in [7, 11) is 0. The lowest BCUT2D eigenvalue weighted by Gasteiger charge is -2.58. The normalized spacial score (nSPS) is 43.7. The van der Waals surface area contributed by atoms with E-state index in [2.05, 4.69) is 53.7 Å². The van der Waals surface area contributed by atoms with E-state index < -0.39 is 0 Å². The zero-order chi connectivity index (χ0) is 20.1. The summed E-state index contributed by atoms with van der Waals surface area (Å²) in [5.74, 6) is 5.74. The standard InChI is InChI=1S/C28H46/c1-19(2)9-7-10-20(3)24-14-15-25-22-12-13-23-21(4)11-8-17-27(23,5)26(22)16-18-28(24,25)6/h8,11,19-20,22,24-26H,7,9-10,12-18H2,1-6H3. The molecule has 158 valence electrons. The largest absolute Gasteiger partial charge is 0.0834 e. The number of fused-ring (bicyclic) bond motifs is 5. The Balaban J connectivity index is 1.50. The minimum Gasteiger partial charge on any atom is -0.0834 e. The van der Waals surface area contributed by atoms with Crippen LogP contribution in [0.15, 0.2) is 23.3 Å². The molecular weight excluding hydrogens is 336 g/mol. The molecule has 0 aliphatic heterocycles. The highest BCUT2D eigenvalue weighted by molar-refractivity contribution is 5.36. The van der Waals surface area contributed by atoms with E-state index in [4.69, 9.17) is 0 Å². The number of allylic oxidation sites excluding steroid dienone is 4. The van der Waals surface area contributed by atoms with Gasteiger partial charge >= 0.3 is 0 Å². The topological polar surface area (TPSA) is 0 Å². The van der Waals surface area contributed by atoms with Gasteiger partial charge in [0.05, 0.1) is 0 Å². The Hall–Kier alpha value is -0.520. The van der Waals surface area contributed by atoms with Crippen molar-refractivity contribution in [1.29, 1.82) is 0 Å². The van der Waals surface area contributed by atoms with Crippen molar-refractivity contribution in [1.82, 2.24) is 0 Å². The van der Waals surface area contributed by atoms with Crippen molar-refractivity contribution in [3.8, 4) is 0 Å². The van der Waals surface area contributed by atoms with Crippen LogP contribution in [-0.4, -0.2) is 0 Å². The van der Waals surface area contributed by atoms with Crippen LogP contribution in [0.5, 0.6) is 0 Å². The van der Waals surface area contributed by atoms with Crippen molar-refractivity contribution < 1.29 is 0 Å². The summed E-state index contributed by atoms with van der Waals surface area (Å²) < 4.78 is 0. The summed E-state index contributed by atoms with van der Waals surface area (Å²) in [6.45, 7) is 15.1. The molecule has 7 atom stereocenters. The third-order valence-corrected chi connectivity index (χ3v) is 10.3. The van der Waals surface area contributed by atoms with Gasteiger partial charge in [-0.2, -0.15) is 0 Å². The summed E-state index contributed by atoms with van der Waals surface area (Å²) in [6.07, 6.45) is 19.4. The zero-order valence-corrected chi connectivity index (χ0v) is 19.7. The monoisotopic (exact) mass is 382 g/mol. The molecule has 3 fully saturated rings. The second-order valence-electron chi connectivity index (χ2n) is 12.1. The van der Waals surface area contributed by atoms with Crippen LogP contribution in [0.4, 0.5) is 0 Å². The fourth-order valence-corrected chi connectivity index (χ4v) is 8.83. The lowest BCUT2D eigenvalue weighted by atomic mass is 9.46. The molecule has 0 spiro atoms. The maximum Gasteiger partial charge on any atom is -0.00451 e. The van der Waals surface area contributed by atoms with Crippen LogP contribution in [-0.2, 0) is 0 Å². The molecule has 0 heteroatoms. The molecule has 4 aliphatic rings. The Labute approximate surface area is 175 Å². The quantitative estimate of drug-likeness (QED) is 0.446. The molecule has 4 aliphatic carbocycles. The average molecular weight is 383 g/mol. The van der Waals surface area contributed by atoms with Gasteiger partial charge in [-0.1, -0.05) is 77.2 Å². The molecule has 0 amide bonds. The molecule has 28 heavy (non-hydrogen) atoms. The second-order valence-corrected chi connectivity index (χ2v) is 12.1. The Morgan fingerprint density at radius 2 is 1.79 bits per heavy atom. The SMILES string of the molecule is CC1=C2CCC3C(CCC4(C)C(C(C)CCCC(C)C)CCC34)C2(C)CC=C1. The average Bonchev–Trinajstić information content (AvgIpc) is 2.98. The lowest BCUT2D eigenvalue weighted by Crippen LogP contribution is -2.50. The zero-order valence-electron chi connectivity index (χ0n) is 19.7.